The number of nitrogens with zero attached hydrogens (tertiary/aromatic N) is 1. The lowest BCUT2D eigenvalue weighted by Gasteiger charge is -2.63. The highest BCUT2D eigenvalue weighted by atomic mass is 16.5. The summed E-state index contributed by atoms with van der Waals surface area (Å²) < 4.78 is 5.36. The van der Waals surface area contributed by atoms with Crippen molar-refractivity contribution in [3.8, 4) is 11.8 Å². The molecule has 1 aromatic carbocycles. The maximum atomic E-state index is 13.4. The predicted molar refractivity (Wildman–Crippen MR) is 122 cm³/mol. The minimum atomic E-state index is -1.20. The quantitative estimate of drug-likeness (QED) is 0.438. The number of nitriles is 1. The van der Waals surface area contributed by atoms with Crippen molar-refractivity contribution in [1.29, 1.82) is 5.26 Å². The lowest BCUT2D eigenvalue weighted by molar-refractivity contribution is -0.170. The van der Waals surface area contributed by atoms with Gasteiger partial charge in [-0.05, 0) is 42.9 Å². The third-order valence-corrected chi connectivity index (χ3v) is 8.20. The highest BCUT2D eigenvalue weighted by Gasteiger charge is 2.75. The lowest BCUT2D eigenvalue weighted by Crippen LogP contribution is -2.75. The molecule has 4 fully saturated rings. The number of methoxy groups -OCH3 is 1. The summed E-state index contributed by atoms with van der Waals surface area (Å²) in [5.74, 6) is -1.97. The molecule has 2 unspecified atom stereocenters. The van der Waals surface area contributed by atoms with E-state index in [1.54, 1.807) is 19.2 Å². The monoisotopic (exact) mass is 475 g/mol. The molecule has 10 heteroatoms. The van der Waals surface area contributed by atoms with Crippen LogP contribution in [0.4, 0.5) is 0 Å². The highest BCUT2D eigenvalue weighted by Crippen LogP contribution is 2.64. The summed E-state index contributed by atoms with van der Waals surface area (Å²) in [4.78, 5) is 53.7. The van der Waals surface area contributed by atoms with Crippen molar-refractivity contribution in [1.82, 2.24) is 20.9 Å². The second-order valence-electron chi connectivity index (χ2n) is 10.2. The number of benzene rings is 1. The summed E-state index contributed by atoms with van der Waals surface area (Å²) in [6.07, 6.45) is 2.78. The van der Waals surface area contributed by atoms with Crippen molar-refractivity contribution in [3.63, 3.8) is 0 Å². The average Bonchev–Trinajstić information content (AvgIpc) is 3.47. The van der Waals surface area contributed by atoms with Gasteiger partial charge < -0.3 is 20.4 Å². The number of hydrogen-bond acceptors (Lipinski definition) is 6. The molecule has 4 aliphatic rings. The van der Waals surface area contributed by atoms with E-state index in [0.29, 0.717) is 30.2 Å². The molecule has 35 heavy (non-hydrogen) atoms. The van der Waals surface area contributed by atoms with Gasteiger partial charge in [-0.3, -0.25) is 24.5 Å². The van der Waals surface area contributed by atoms with Gasteiger partial charge in [-0.2, -0.15) is 5.26 Å². The van der Waals surface area contributed by atoms with Crippen LogP contribution in [0.1, 0.15) is 36.2 Å². The maximum Gasteiger partial charge on any atom is 0.268 e. The molecule has 0 bridgehead atoms. The van der Waals surface area contributed by atoms with Crippen molar-refractivity contribution in [2.75, 3.05) is 7.11 Å². The Kier molecular flexibility index (Phi) is 4.68. The standard InChI is InChI=1S/C25H25N5O5/c1-35-17-4-2-3-14-12(17)8-16(27-14)21(31)28-15(7-11-5-6-11)22(32)30-25(10-26)9-13-18-19(20(13)25)24(34)29-23(18)33/h2-4,8,11,13,15,18-20,27H,5-7,9H2,1H3,(H,28,31)(H,30,32)(H,29,33,34)/t13?,15-,18+,19-,20?,25+/m0/s1. The van der Waals surface area contributed by atoms with Gasteiger partial charge >= 0.3 is 0 Å². The SMILES string of the molecule is COc1cccc2[nH]c(C(=O)N[C@@H](CC3CC3)C(=O)N[C@@]3(C#N)CC4C3[C@H]3C(=O)NC(=O)[C@H]43)cc12. The number of carbonyl (C=O) groups excluding carboxylic acids is 4. The number of amides is 4. The van der Waals surface area contributed by atoms with Gasteiger partial charge in [-0.15, -0.1) is 0 Å². The van der Waals surface area contributed by atoms with Crippen LogP contribution in [0, 0.1) is 40.9 Å². The molecule has 4 N–H and O–H groups in total. The Morgan fingerprint density at radius 3 is 2.74 bits per heavy atom. The van der Waals surface area contributed by atoms with E-state index in [2.05, 4.69) is 27.0 Å². The predicted octanol–water partition coefficient (Wildman–Crippen LogP) is 0.992. The minimum Gasteiger partial charge on any atom is -0.496 e. The number of H-pyrrole nitrogens is 1. The molecule has 180 valence electrons. The van der Waals surface area contributed by atoms with E-state index < -0.39 is 35.2 Å². The zero-order chi connectivity index (χ0) is 24.5. The Labute approximate surface area is 200 Å². The summed E-state index contributed by atoms with van der Waals surface area (Å²) in [6.45, 7) is 0. The molecular weight excluding hydrogens is 450 g/mol. The Bertz CT molecular complexity index is 1320. The largest absolute Gasteiger partial charge is 0.496 e. The van der Waals surface area contributed by atoms with Gasteiger partial charge in [0.15, 0.2) is 0 Å². The molecule has 2 heterocycles. The molecule has 4 amide bonds. The highest BCUT2D eigenvalue weighted by molar-refractivity contribution is 6.07. The molecular formula is C25H25N5O5. The van der Waals surface area contributed by atoms with E-state index in [-0.39, 0.29) is 23.7 Å². The third kappa shape index (κ3) is 3.21. The number of carbonyl (C=O) groups is 4. The lowest BCUT2D eigenvalue weighted by atomic mass is 9.40. The van der Waals surface area contributed by atoms with Crippen LogP contribution in [0.5, 0.6) is 5.75 Å². The van der Waals surface area contributed by atoms with E-state index in [4.69, 9.17) is 4.74 Å². The van der Waals surface area contributed by atoms with Crippen LogP contribution < -0.4 is 20.7 Å². The number of fused-ring (bicyclic) bond motifs is 5. The summed E-state index contributed by atoms with van der Waals surface area (Å²) in [5, 5.41) is 18.8. The molecule has 1 saturated heterocycles. The van der Waals surface area contributed by atoms with Gasteiger partial charge in [0.1, 0.15) is 23.0 Å². The summed E-state index contributed by atoms with van der Waals surface area (Å²) in [5.41, 5.74) is -0.156. The smallest absolute Gasteiger partial charge is 0.268 e. The van der Waals surface area contributed by atoms with E-state index >= 15 is 0 Å². The van der Waals surface area contributed by atoms with Gasteiger partial charge in [0.25, 0.3) is 5.91 Å². The van der Waals surface area contributed by atoms with Gasteiger partial charge in [0.05, 0.1) is 25.0 Å². The number of nitrogens with one attached hydrogen (secondary N) is 4. The van der Waals surface area contributed by atoms with Crippen molar-refractivity contribution >= 4 is 34.5 Å². The Morgan fingerprint density at radius 2 is 2.03 bits per heavy atom. The van der Waals surface area contributed by atoms with Gasteiger partial charge in [0.2, 0.25) is 17.7 Å². The van der Waals surface area contributed by atoms with Crippen molar-refractivity contribution in [3.05, 3.63) is 30.0 Å². The van der Waals surface area contributed by atoms with E-state index in [1.165, 1.54) is 0 Å². The molecule has 2 aromatic rings. The van der Waals surface area contributed by atoms with Gasteiger partial charge in [-0.1, -0.05) is 18.9 Å². The molecule has 6 rings (SSSR count). The number of hydrogen-bond donors (Lipinski definition) is 4. The van der Waals surface area contributed by atoms with Crippen molar-refractivity contribution in [2.45, 2.75) is 37.3 Å². The average molecular weight is 476 g/mol. The molecule has 10 nitrogen and oxygen atoms in total. The first-order valence-corrected chi connectivity index (χ1v) is 11.9. The van der Waals surface area contributed by atoms with Crippen LogP contribution in [0.15, 0.2) is 24.3 Å². The molecule has 3 saturated carbocycles. The van der Waals surface area contributed by atoms with Crippen molar-refractivity contribution in [2.24, 2.45) is 29.6 Å². The van der Waals surface area contributed by atoms with Crippen LogP contribution in [0.25, 0.3) is 10.9 Å². The fraction of sp³-hybridized carbons (Fsp3) is 0.480. The summed E-state index contributed by atoms with van der Waals surface area (Å²) >= 11 is 0. The maximum absolute atomic E-state index is 13.4. The Morgan fingerprint density at radius 1 is 1.26 bits per heavy atom. The first-order valence-electron chi connectivity index (χ1n) is 11.9. The fourth-order valence-corrected chi connectivity index (χ4v) is 6.25. The first kappa shape index (κ1) is 21.6. The number of aromatic nitrogens is 1. The van der Waals surface area contributed by atoms with E-state index in [1.807, 2.05) is 12.1 Å². The zero-order valence-electron chi connectivity index (χ0n) is 19.1. The van der Waals surface area contributed by atoms with Gasteiger partial charge in [-0.25, -0.2) is 0 Å². The van der Waals surface area contributed by atoms with Crippen LogP contribution in [0.3, 0.4) is 0 Å². The molecule has 6 atom stereocenters. The topological polar surface area (TPSA) is 153 Å². The summed E-state index contributed by atoms with van der Waals surface area (Å²) in [7, 11) is 1.56. The third-order valence-electron chi connectivity index (χ3n) is 8.20. The van der Waals surface area contributed by atoms with Crippen LogP contribution >= 0.6 is 0 Å². The zero-order valence-corrected chi connectivity index (χ0v) is 19.1. The molecule has 0 radical (unpaired) electrons. The molecule has 0 spiro atoms. The number of rotatable bonds is 7. The van der Waals surface area contributed by atoms with Crippen molar-refractivity contribution < 1.29 is 23.9 Å². The molecule has 1 aliphatic heterocycles. The molecule has 3 aliphatic carbocycles. The second-order valence-corrected chi connectivity index (χ2v) is 10.2. The van der Waals surface area contributed by atoms with Crippen LogP contribution in [-0.4, -0.2) is 47.3 Å². The summed E-state index contributed by atoms with van der Waals surface area (Å²) in [6, 6.07) is 8.54. The Hall–Kier alpha value is -3.87. The Balaban J connectivity index is 1.19. The normalized spacial score (nSPS) is 31.2. The van der Waals surface area contributed by atoms with Gasteiger partial charge in [0, 0.05) is 16.8 Å². The first-order chi connectivity index (χ1) is 16.8. The minimum absolute atomic E-state index is 0.0794. The van der Waals surface area contributed by atoms with E-state index in [0.717, 1.165) is 23.7 Å². The second kappa shape index (κ2) is 7.57. The number of imide groups is 1. The molecule has 1 aromatic heterocycles. The van der Waals surface area contributed by atoms with Crippen LogP contribution in [0.2, 0.25) is 0 Å². The number of ether oxygens (including phenoxy) is 1. The van der Waals surface area contributed by atoms with E-state index in [9.17, 15) is 24.4 Å². The van der Waals surface area contributed by atoms with Crippen LogP contribution in [-0.2, 0) is 14.4 Å². The number of aromatic amines is 1. The fourth-order valence-electron chi connectivity index (χ4n) is 6.25.